The summed E-state index contributed by atoms with van der Waals surface area (Å²) in [5, 5.41) is 20.9. The maximum Gasteiger partial charge on any atom is 0.268 e. The van der Waals surface area contributed by atoms with Crippen LogP contribution in [0, 0.1) is 0 Å². The molecule has 0 saturated heterocycles. The third-order valence-electron chi connectivity index (χ3n) is 4.75. The number of ketones is 1. The monoisotopic (exact) mass is 453 g/mol. The van der Waals surface area contributed by atoms with Gasteiger partial charge in [0.05, 0.1) is 16.0 Å². The molecule has 0 fully saturated rings. The minimum atomic E-state index is -3.98. The summed E-state index contributed by atoms with van der Waals surface area (Å²) in [4.78, 5) is 13.0. The van der Waals surface area contributed by atoms with E-state index < -0.39 is 21.6 Å². The van der Waals surface area contributed by atoms with Gasteiger partial charge in [-0.3, -0.25) is 4.79 Å². The van der Waals surface area contributed by atoms with E-state index in [1.807, 2.05) is 0 Å². The Kier molecular flexibility index (Phi) is 5.31. The van der Waals surface area contributed by atoms with Gasteiger partial charge >= 0.3 is 0 Å². The van der Waals surface area contributed by atoms with Gasteiger partial charge in [0.15, 0.2) is 5.78 Å². The Morgan fingerprint density at radius 3 is 2.32 bits per heavy atom. The minimum Gasteiger partial charge on any atom is -0.507 e. The zero-order valence-corrected chi connectivity index (χ0v) is 17.5. The van der Waals surface area contributed by atoms with Crippen LogP contribution in [0.15, 0.2) is 90.0 Å². The second-order valence-electron chi connectivity index (χ2n) is 6.73. The molecule has 3 aromatic carbocycles. The Hall–Kier alpha value is -3.55. The molecule has 0 atom stereocenters. The van der Waals surface area contributed by atoms with Crippen molar-refractivity contribution < 1.29 is 23.4 Å². The Morgan fingerprint density at radius 2 is 1.61 bits per heavy atom. The van der Waals surface area contributed by atoms with Crippen LogP contribution >= 0.6 is 11.6 Å². The van der Waals surface area contributed by atoms with Crippen molar-refractivity contribution in [3.05, 3.63) is 101 Å². The average molecular weight is 454 g/mol. The van der Waals surface area contributed by atoms with Crippen LogP contribution in [0.2, 0.25) is 5.02 Å². The number of aromatic hydroxyl groups is 1. The van der Waals surface area contributed by atoms with Gasteiger partial charge in [0.2, 0.25) is 0 Å². The molecular formula is C23H16ClNO5S. The second-order valence-corrected chi connectivity index (χ2v) is 8.98. The van der Waals surface area contributed by atoms with Crippen molar-refractivity contribution in [2.45, 2.75) is 4.90 Å². The molecule has 0 unspecified atom stereocenters. The van der Waals surface area contributed by atoms with Crippen molar-refractivity contribution >= 4 is 44.1 Å². The number of nitrogens with zero attached hydrogens (tertiary/aromatic N) is 1. The first kappa shape index (κ1) is 20.7. The lowest BCUT2D eigenvalue weighted by Crippen LogP contribution is -2.11. The van der Waals surface area contributed by atoms with E-state index in [1.165, 1.54) is 48.7 Å². The van der Waals surface area contributed by atoms with Gasteiger partial charge in [-0.2, -0.15) is 0 Å². The molecule has 2 N–H and O–H groups in total. The summed E-state index contributed by atoms with van der Waals surface area (Å²) in [6.45, 7) is 0. The third-order valence-corrected chi connectivity index (χ3v) is 6.67. The van der Waals surface area contributed by atoms with E-state index in [1.54, 1.807) is 30.3 Å². The number of hydrogen-bond donors (Lipinski definition) is 2. The number of carbonyl (C=O) groups is 1. The smallest absolute Gasteiger partial charge is 0.268 e. The van der Waals surface area contributed by atoms with Gasteiger partial charge in [0.1, 0.15) is 11.5 Å². The normalized spacial score (nSPS) is 12.2. The number of allylic oxidation sites excluding steroid dienone is 1. The van der Waals surface area contributed by atoms with Crippen molar-refractivity contribution in [3.8, 4) is 5.75 Å². The van der Waals surface area contributed by atoms with Gasteiger partial charge in [-0.15, -0.1) is 0 Å². The topological polar surface area (TPSA) is 96.6 Å². The molecule has 4 rings (SSSR count). The second kappa shape index (κ2) is 7.94. The number of benzene rings is 3. The Labute approximate surface area is 183 Å². The number of aromatic nitrogens is 1. The highest BCUT2D eigenvalue weighted by atomic mass is 35.5. The van der Waals surface area contributed by atoms with E-state index in [0.29, 0.717) is 10.4 Å². The maximum absolute atomic E-state index is 13.2. The van der Waals surface area contributed by atoms with Crippen LogP contribution < -0.4 is 0 Å². The molecule has 0 aliphatic heterocycles. The van der Waals surface area contributed by atoms with Crippen LogP contribution in [0.4, 0.5) is 0 Å². The van der Waals surface area contributed by atoms with Crippen molar-refractivity contribution in [1.29, 1.82) is 0 Å². The lowest BCUT2D eigenvalue weighted by molar-refractivity contribution is 0.104. The molecular weight excluding hydrogens is 438 g/mol. The predicted molar refractivity (Wildman–Crippen MR) is 119 cm³/mol. The first-order valence-electron chi connectivity index (χ1n) is 9.13. The molecule has 1 heterocycles. The molecule has 0 aliphatic rings. The number of fused-ring (bicyclic) bond motifs is 1. The average Bonchev–Trinajstić information content (AvgIpc) is 3.14. The van der Waals surface area contributed by atoms with Crippen molar-refractivity contribution in [2.24, 2.45) is 0 Å². The fraction of sp³-hybridized carbons (Fsp3) is 0. The lowest BCUT2D eigenvalue weighted by Gasteiger charge is -2.07. The highest BCUT2D eigenvalue weighted by Crippen LogP contribution is 2.30. The molecule has 0 saturated carbocycles. The highest BCUT2D eigenvalue weighted by molar-refractivity contribution is 7.90. The van der Waals surface area contributed by atoms with E-state index in [4.69, 9.17) is 11.6 Å². The predicted octanol–water partition coefficient (Wildman–Crippen LogP) is 5.02. The number of para-hydroxylation sites is 1. The number of phenolic OH excluding ortho intramolecular Hbond substituents is 1. The largest absolute Gasteiger partial charge is 0.507 e. The van der Waals surface area contributed by atoms with Gasteiger partial charge in [-0.25, -0.2) is 12.4 Å². The van der Waals surface area contributed by atoms with Gasteiger partial charge in [0, 0.05) is 28.2 Å². The van der Waals surface area contributed by atoms with Gasteiger partial charge in [-0.05, 0) is 42.5 Å². The number of aliphatic hydroxyl groups is 1. The summed E-state index contributed by atoms with van der Waals surface area (Å²) in [7, 11) is -3.98. The van der Waals surface area contributed by atoms with Crippen molar-refractivity contribution in [3.63, 3.8) is 0 Å². The maximum atomic E-state index is 13.2. The van der Waals surface area contributed by atoms with Crippen molar-refractivity contribution in [2.75, 3.05) is 0 Å². The zero-order valence-electron chi connectivity index (χ0n) is 15.9. The molecule has 6 nitrogen and oxygen atoms in total. The van der Waals surface area contributed by atoms with Crippen LogP contribution in [0.5, 0.6) is 5.75 Å². The Balaban J connectivity index is 1.88. The van der Waals surface area contributed by atoms with Gasteiger partial charge < -0.3 is 10.2 Å². The fourth-order valence-electron chi connectivity index (χ4n) is 3.24. The number of aliphatic hydroxyl groups excluding tert-OH is 1. The molecule has 8 heteroatoms. The molecule has 0 spiro atoms. The summed E-state index contributed by atoms with van der Waals surface area (Å²) in [5.41, 5.74) is 0.389. The van der Waals surface area contributed by atoms with Gasteiger partial charge in [0.25, 0.3) is 10.0 Å². The molecule has 31 heavy (non-hydrogen) atoms. The molecule has 4 aromatic rings. The zero-order chi connectivity index (χ0) is 22.2. The number of carbonyl (C=O) groups excluding carboxylic acids is 1. The Morgan fingerprint density at radius 1 is 0.935 bits per heavy atom. The first-order valence-corrected chi connectivity index (χ1v) is 11.0. The highest BCUT2D eigenvalue weighted by Gasteiger charge is 2.23. The van der Waals surface area contributed by atoms with E-state index in [2.05, 4.69) is 0 Å². The molecule has 1 aromatic heterocycles. The van der Waals surface area contributed by atoms with Crippen LogP contribution in [0.25, 0.3) is 16.7 Å². The Bertz CT molecular complexity index is 1440. The molecule has 0 aliphatic carbocycles. The number of hydrogen-bond acceptors (Lipinski definition) is 5. The molecule has 0 radical (unpaired) electrons. The van der Waals surface area contributed by atoms with E-state index in [-0.39, 0.29) is 27.3 Å². The summed E-state index contributed by atoms with van der Waals surface area (Å²) >= 11 is 6.09. The van der Waals surface area contributed by atoms with Gasteiger partial charge in [-0.1, -0.05) is 41.9 Å². The van der Waals surface area contributed by atoms with Crippen LogP contribution in [-0.2, 0) is 10.0 Å². The van der Waals surface area contributed by atoms with Crippen LogP contribution in [0.1, 0.15) is 15.9 Å². The molecule has 156 valence electrons. The van der Waals surface area contributed by atoms with Crippen molar-refractivity contribution in [1.82, 2.24) is 3.97 Å². The van der Waals surface area contributed by atoms with E-state index in [9.17, 15) is 23.4 Å². The summed E-state index contributed by atoms with van der Waals surface area (Å²) in [6.07, 6.45) is 2.14. The number of halogens is 1. The number of rotatable bonds is 5. The summed E-state index contributed by atoms with van der Waals surface area (Å²) in [6, 6.07) is 18.4. The minimum absolute atomic E-state index is 0.0407. The number of phenols is 1. The lowest BCUT2D eigenvalue weighted by atomic mass is 10.1. The SMILES string of the molecule is O=C(C=C(O)c1ccccc1O)c1cn(S(=O)(=O)c2ccccc2)c2ccc(Cl)cc12. The van der Waals surface area contributed by atoms with E-state index in [0.717, 1.165) is 10.0 Å². The fourth-order valence-corrected chi connectivity index (χ4v) is 4.81. The third kappa shape index (κ3) is 3.81. The summed E-state index contributed by atoms with van der Waals surface area (Å²) < 4.78 is 27.4. The quantitative estimate of drug-likeness (QED) is 0.251. The first-order chi connectivity index (χ1) is 14.8. The van der Waals surface area contributed by atoms with Crippen LogP contribution in [0.3, 0.4) is 0 Å². The standard InChI is InChI=1S/C23H16ClNO5S/c24-15-10-11-20-18(12-15)19(14-25(20)31(29,30)16-6-2-1-3-7-16)23(28)13-22(27)17-8-4-5-9-21(17)26/h1-14,26-27H. The summed E-state index contributed by atoms with van der Waals surface area (Å²) in [5.74, 6) is -1.28. The molecule has 0 amide bonds. The van der Waals surface area contributed by atoms with Crippen LogP contribution in [-0.4, -0.2) is 28.4 Å². The molecule has 0 bridgehead atoms. The van der Waals surface area contributed by atoms with E-state index >= 15 is 0 Å².